The van der Waals surface area contributed by atoms with E-state index in [9.17, 15) is 4.39 Å². The molecule has 0 radical (unpaired) electrons. The minimum Gasteiger partial charge on any atom is -0.489 e. The number of nitrogens with one attached hydrogen (secondary N) is 3. The molecule has 6 heterocycles. The van der Waals surface area contributed by atoms with E-state index in [0.29, 0.717) is 0 Å². The second-order valence-corrected chi connectivity index (χ2v) is 9.51. The van der Waals surface area contributed by atoms with Crippen molar-refractivity contribution in [1.82, 2.24) is 35.5 Å². The Bertz CT molecular complexity index is 1770. The lowest BCUT2D eigenvalue weighted by Crippen LogP contribution is -2.34. The number of aromatic amines is 2. The predicted octanol–water partition coefficient (Wildman–Crippen LogP) is 5.50. The molecule has 0 unspecified atom stereocenters. The van der Waals surface area contributed by atoms with Crippen LogP contribution < -0.4 is 10.1 Å². The number of halogens is 1. The van der Waals surface area contributed by atoms with Crippen molar-refractivity contribution in [3.05, 3.63) is 79.3 Å². The number of hydrogen-bond acceptors (Lipinski definition) is 6. The molecule has 1 aliphatic heterocycles. The van der Waals surface area contributed by atoms with Crippen molar-refractivity contribution in [2.24, 2.45) is 0 Å². The highest BCUT2D eigenvalue weighted by molar-refractivity contribution is 6.01. The molecule has 7 rings (SSSR count). The predicted molar refractivity (Wildman–Crippen MR) is 144 cm³/mol. The van der Waals surface area contributed by atoms with Crippen LogP contribution in [0.1, 0.15) is 12.8 Å². The van der Waals surface area contributed by atoms with Gasteiger partial charge in [0.2, 0.25) is 0 Å². The summed E-state index contributed by atoms with van der Waals surface area (Å²) in [7, 11) is 0. The SMILES string of the molecule is Fc1cccc(-c2cncc3[nH]c(-c4n[nH]c5cnc(-c6cncc(OC7CCNCC7)c6)cc45)cc23)c1. The van der Waals surface area contributed by atoms with Gasteiger partial charge in [-0.25, -0.2) is 4.39 Å². The molecule has 6 aromatic rings. The van der Waals surface area contributed by atoms with E-state index in [1.165, 1.54) is 12.1 Å². The van der Waals surface area contributed by atoms with Crippen LogP contribution >= 0.6 is 0 Å². The first kappa shape index (κ1) is 22.6. The molecule has 0 spiro atoms. The maximum Gasteiger partial charge on any atom is 0.138 e. The minimum absolute atomic E-state index is 0.193. The summed E-state index contributed by atoms with van der Waals surface area (Å²) in [5.74, 6) is 0.463. The van der Waals surface area contributed by atoms with Gasteiger partial charge in [0.15, 0.2) is 0 Å². The average molecular weight is 506 g/mol. The second-order valence-electron chi connectivity index (χ2n) is 9.51. The van der Waals surface area contributed by atoms with Crippen molar-refractivity contribution in [3.63, 3.8) is 0 Å². The van der Waals surface area contributed by atoms with Gasteiger partial charge >= 0.3 is 0 Å². The summed E-state index contributed by atoms with van der Waals surface area (Å²) in [5.41, 5.74) is 6.53. The van der Waals surface area contributed by atoms with Crippen molar-refractivity contribution in [2.45, 2.75) is 18.9 Å². The van der Waals surface area contributed by atoms with Gasteiger partial charge in [-0.15, -0.1) is 0 Å². The molecule has 0 saturated carbocycles. The van der Waals surface area contributed by atoms with Gasteiger partial charge in [0.05, 0.1) is 41.0 Å². The van der Waals surface area contributed by atoms with Crippen LogP contribution in [0.5, 0.6) is 5.75 Å². The number of fused-ring (bicyclic) bond motifs is 2. The summed E-state index contributed by atoms with van der Waals surface area (Å²) in [4.78, 5) is 16.8. The van der Waals surface area contributed by atoms with E-state index in [1.54, 1.807) is 37.1 Å². The Labute approximate surface area is 217 Å². The number of benzene rings is 1. The van der Waals surface area contributed by atoms with E-state index >= 15 is 0 Å². The fourth-order valence-electron chi connectivity index (χ4n) is 5.07. The standard InChI is InChI=1S/C29H24FN7O/c30-19-3-1-2-17(8-19)24-14-33-15-27-22(24)10-26(35-27)29-23-11-25(34-16-28(23)36-37-29)18-9-21(13-32-12-18)38-20-4-6-31-7-5-20/h1-3,8-16,20,31,35H,4-7H2,(H,36,37). The van der Waals surface area contributed by atoms with E-state index < -0.39 is 0 Å². The van der Waals surface area contributed by atoms with E-state index in [0.717, 1.165) is 87.3 Å². The summed E-state index contributed by atoms with van der Waals surface area (Å²) in [6, 6.07) is 12.6. The van der Waals surface area contributed by atoms with Crippen LogP contribution in [0.15, 0.2) is 73.4 Å². The summed E-state index contributed by atoms with van der Waals surface area (Å²) in [6.07, 6.45) is 11.0. The summed E-state index contributed by atoms with van der Waals surface area (Å²) in [5, 5.41) is 12.9. The van der Waals surface area contributed by atoms with Gasteiger partial charge in [0.25, 0.3) is 0 Å². The molecule has 9 heteroatoms. The normalized spacial score (nSPS) is 14.3. The lowest BCUT2D eigenvalue weighted by molar-refractivity contribution is 0.162. The molecular weight excluding hydrogens is 481 g/mol. The molecule has 1 aromatic carbocycles. The molecular formula is C29H24FN7O. The van der Waals surface area contributed by atoms with Crippen molar-refractivity contribution in [3.8, 4) is 39.5 Å². The smallest absolute Gasteiger partial charge is 0.138 e. The molecule has 3 N–H and O–H groups in total. The number of piperidine rings is 1. The number of aromatic nitrogens is 6. The third-order valence-electron chi connectivity index (χ3n) is 6.98. The molecule has 8 nitrogen and oxygen atoms in total. The van der Waals surface area contributed by atoms with Crippen LogP contribution in [-0.4, -0.2) is 49.3 Å². The maximum atomic E-state index is 13.9. The van der Waals surface area contributed by atoms with Crippen molar-refractivity contribution < 1.29 is 9.13 Å². The zero-order chi connectivity index (χ0) is 25.5. The number of pyridine rings is 3. The summed E-state index contributed by atoms with van der Waals surface area (Å²) in [6.45, 7) is 1.93. The molecule has 0 bridgehead atoms. The number of nitrogens with zero attached hydrogens (tertiary/aromatic N) is 4. The van der Waals surface area contributed by atoms with Crippen molar-refractivity contribution in [2.75, 3.05) is 13.1 Å². The van der Waals surface area contributed by atoms with Crippen LogP contribution in [0.4, 0.5) is 4.39 Å². The lowest BCUT2D eigenvalue weighted by Gasteiger charge is -2.23. The molecule has 0 aliphatic carbocycles. The molecule has 1 saturated heterocycles. The molecule has 188 valence electrons. The van der Waals surface area contributed by atoms with E-state index in [-0.39, 0.29) is 11.9 Å². The Balaban J connectivity index is 1.26. The summed E-state index contributed by atoms with van der Waals surface area (Å²) >= 11 is 0. The zero-order valence-electron chi connectivity index (χ0n) is 20.4. The number of rotatable bonds is 5. The van der Waals surface area contributed by atoms with Gasteiger partial charge < -0.3 is 15.0 Å². The first-order valence-electron chi connectivity index (χ1n) is 12.6. The van der Waals surface area contributed by atoms with Gasteiger partial charge in [0.1, 0.15) is 23.4 Å². The van der Waals surface area contributed by atoms with Crippen LogP contribution in [0, 0.1) is 5.82 Å². The van der Waals surface area contributed by atoms with Gasteiger partial charge in [0, 0.05) is 34.3 Å². The Morgan fingerprint density at radius 3 is 2.63 bits per heavy atom. The van der Waals surface area contributed by atoms with E-state index in [2.05, 4.69) is 35.5 Å². The third-order valence-corrected chi connectivity index (χ3v) is 6.98. The Morgan fingerprint density at radius 2 is 1.74 bits per heavy atom. The quantitative estimate of drug-likeness (QED) is 0.286. The second kappa shape index (κ2) is 9.35. The largest absolute Gasteiger partial charge is 0.489 e. The topological polar surface area (TPSA) is 104 Å². The monoisotopic (exact) mass is 505 g/mol. The zero-order valence-corrected chi connectivity index (χ0v) is 20.4. The molecule has 1 aliphatic rings. The lowest BCUT2D eigenvalue weighted by atomic mass is 10.0. The minimum atomic E-state index is -0.284. The Hall–Kier alpha value is -4.63. The number of hydrogen-bond donors (Lipinski definition) is 3. The fourth-order valence-corrected chi connectivity index (χ4v) is 5.07. The van der Waals surface area contributed by atoms with Crippen LogP contribution in [-0.2, 0) is 0 Å². The van der Waals surface area contributed by atoms with Gasteiger partial charge in [-0.3, -0.25) is 20.1 Å². The highest BCUT2D eigenvalue weighted by Crippen LogP contribution is 2.34. The first-order chi connectivity index (χ1) is 18.7. The van der Waals surface area contributed by atoms with Crippen molar-refractivity contribution >= 4 is 21.8 Å². The first-order valence-corrected chi connectivity index (χ1v) is 12.6. The van der Waals surface area contributed by atoms with Crippen molar-refractivity contribution in [1.29, 1.82) is 0 Å². The Kier molecular flexibility index (Phi) is 5.55. The van der Waals surface area contributed by atoms with Gasteiger partial charge in [-0.2, -0.15) is 5.10 Å². The van der Waals surface area contributed by atoms with Gasteiger partial charge in [-0.05, 0) is 61.8 Å². The van der Waals surface area contributed by atoms with Crippen LogP contribution in [0.3, 0.4) is 0 Å². The highest BCUT2D eigenvalue weighted by Gasteiger charge is 2.17. The van der Waals surface area contributed by atoms with Crippen LogP contribution in [0.25, 0.3) is 55.6 Å². The van der Waals surface area contributed by atoms with Crippen LogP contribution in [0.2, 0.25) is 0 Å². The molecule has 5 aromatic heterocycles. The highest BCUT2D eigenvalue weighted by atomic mass is 19.1. The van der Waals surface area contributed by atoms with Gasteiger partial charge in [-0.1, -0.05) is 12.1 Å². The number of ether oxygens (including phenoxy) is 1. The van der Waals surface area contributed by atoms with E-state index in [1.807, 2.05) is 24.3 Å². The van der Waals surface area contributed by atoms with E-state index in [4.69, 9.17) is 4.74 Å². The molecule has 38 heavy (non-hydrogen) atoms. The average Bonchev–Trinajstić information content (AvgIpc) is 3.57. The summed E-state index contributed by atoms with van der Waals surface area (Å²) < 4.78 is 20.1. The third kappa shape index (κ3) is 4.16. The number of H-pyrrole nitrogens is 2. The molecule has 1 fully saturated rings. The Morgan fingerprint density at radius 1 is 0.842 bits per heavy atom. The molecule has 0 amide bonds. The fraction of sp³-hybridized carbons (Fsp3) is 0.172. The molecule has 0 atom stereocenters. The maximum absolute atomic E-state index is 13.9.